The molecule has 0 saturated carbocycles. The second-order valence-corrected chi connectivity index (χ2v) is 4.27. The van der Waals surface area contributed by atoms with Gasteiger partial charge in [-0.05, 0) is 22.7 Å². The van der Waals surface area contributed by atoms with Crippen molar-refractivity contribution in [1.29, 1.82) is 0 Å². The number of aliphatic carboxylic acids is 1. The van der Waals surface area contributed by atoms with Crippen LogP contribution in [0.4, 0.5) is 11.6 Å². The van der Waals surface area contributed by atoms with Crippen LogP contribution in [0.25, 0.3) is 0 Å². The number of aromatic nitrogens is 2. The van der Waals surface area contributed by atoms with Crippen LogP contribution in [0.2, 0.25) is 0 Å². The van der Waals surface area contributed by atoms with Crippen molar-refractivity contribution in [2.24, 2.45) is 7.05 Å². The number of rotatable bonds is 9. The number of hydrogen-bond donors (Lipinski definition) is 2. The van der Waals surface area contributed by atoms with E-state index in [-0.39, 0.29) is 12.2 Å². The number of nitrogens with one attached hydrogen (secondary N) is 1. The van der Waals surface area contributed by atoms with Gasteiger partial charge in [0.05, 0.1) is 0 Å². The van der Waals surface area contributed by atoms with Crippen molar-refractivity contribution in [3.63, 3.8) is 0 Å². The van der Waals surface area contributed by atoms with Crippen molar-refractivity contribution < 1.29 is 14.8 Å². The van der Waals surface area contributed by atoms with Crippen molar-refractivity contribution in [3.05, 3.63) is 16.4 Å². The number of imidazole rings is 1. The summed E-state index contributed by atoms with van der Waals surface area (Å²) in [5, 5.41) is 22.2. The summed E-state index contributed by atoms with van der Waals surface area (Å²) in [5.41, 5.74) is 0. The van der Waals surface area contributed by atoms with Crippen molar-refractivity contribution in [3.8, 4) is 0 Å². The standard InChI is InChI=1S/C11H18N4O4/c1-14-8-13-11(15(18)19)10(14)12-7-5-3-2-4-6-9(16)17/h8,12H,2-7H2,1H3,(H,16,17). The highest BCUT2D eigenvalue weighted by Gasteiger charge is 2.18. The first-order chi connectivity index (χ1) is 9.02. The fraction of sp³-hybridized carbons (Fsp3) is 0.636. The van der Waals surface area contributed by atoms with Gasteiger partial charge in [0, 0.05) is 20.0 Å². The Labute approximate surface area is 110 Å². The third kappa shape index (κ3) is 4.94. The van der Waals surface area contributed by atoms with Gasteiger partial charge in [-0.15, -0.1) is 0 Å². The monoisotopic (exact) mass is 270 g/mol. The average molecular weight is 270 g/mol. The molecule has 8 nitrogen and oxygen atoms in total. The Balaban J connectivity index is 2.24. The first-order valence-corrected chi connectivity index (χ1v) is 6.13. The lowest BCUT2D eigenvalue weighted by atomic mass is 10.1. The summed E-state index contributed by atoms with van der Waals surface area (Å²) in [4.78, 5) is 24.2. The van der Waals surface area contributed by atoms with E-state index < -0.39 is 10.9 Å². The Morgan fingerprint density at radius 3 is 2.79 bits per heavy atom. The van der Waals surface area contributed by atoms with Gasteiger partial charge in [-0.25, -0.2) is 0 Å². The van der Waals surface area contributed by atoms with Crippen LogP contribution in [0, 0.1) is 10.1 Å². The van der Waals surface area contributed by atoms with E-state index >= 15 is 0 Å². The number of anilines is 1. The Hall–Kier alpha value is -2.12. The summed E-state index contributed by atoms with van der Waals surface area (Å²) in [6.07, 6.45) is 4.84. The molecule has 8 heteroatoms. The second-order valence-electron chi connectivity index (χ2n) is 4.27. The molecule has 0 fully saturated rings. The van der Waals surface area contributed by atoms with Crippen LogP contribution in [0.15, 0.2) is 6.33 Å². The number of carboxylic acid groups (broad SMARTS) is 1. The highest BCUT2D eigenvalue weighted by Crippen LogP contribution is 2.20. The maximum atomic E-state index is 10.7. The Morgan fingerprint density at radius 1 is 1.47 bits per heavy atom. The van der Waals surface area contributed by atoms with Gasteiger partial charge in [-0.1, -0.05) is 12.8 Å². The third-order valence-electron chi connectivity index (χ3n) is 2.70. The highest BCUT2D eigenvalue weighted by molar-refractivity contribution is 5.66. The van der Waals surface area contributed by atoms with E-state index in [0.717, 1.165) is 19.3 Å². The third-order valence-corrected chi connectivity index (χ3v) is 2.70. The molecule has 0 atom stereocenters. The van der Waals surface area contributed by atoms with Gasteiger partial charge < -0.3 is 20.5 Å². The van der Waals surface area contributed by atoms with Crippen molar-refractivity contribution in [1.82, 2.24) is 9.55 Å². The van der Waals surface area contributed by atoms with Gasteiger partial charge >= 0.3 is 11.8 Å². The van der Waals surface area contributed by atoms with Crippen LogP contribution in [0.1, 0.15) is 32.1 Å². The smallest absolute Gasteiger partial charge is 0.406 e. The van der Waals surface area contributed by atoms with E-state index in [1.54, 1.807) is 11.6 Å². The maximum absolute atomic E-state index is 10.7. The maximum Gasteiger partial charge on any atom is 0.406 e. The van der Waals surface area contributed by atoms with Gasteiger partial charge in [-0.3, -0.25) is 9.36 Å². The average Bonchev–Trinajstić information content (AvgIpc) is 2.69. The number of aryl methyl sites for hydroxylation is 1. The van der Waals surface area contributed by atoms with Crippen molar-refractivity contribution >= 4 is 17.6 Å². The first-order valence-electron chi connectivity index (χ1n) is 6.13. The van der Waals surface area contributed by atoms with Crippen LogP contribution in [-0.2, 0) is 11.8 Å². The number of unbranched alkanes of at least 4 members (excludes halogenated alkanes) is 3. The highest BCUT2D eigenvalue weighted by atomic mass is 16.6. The van der Waals surface area contributed by atoms with Crippen molar-refractivity contribution in [2.75, 3.05) is 11.9 Å². The fourth-order valence-electron chi connectivity index (χ4n) is 1.72. The molecule has 0 amide bonds. The zero-order chi connectivity index (χ0) is 14.3. The fourth-order valence-corrected chi connectivity index (χ4v) is 1.72. The number of carboxylic acids is 1. The molecule has 0 radical (unpaired) electrons. The first kappa shape index (κ1) is 14.9. The van der Waals surface area contributed by atoms with E-state index in [0.29, 0.717) is 18.8 Å². The van der Waals surface area contributed by atoms with E-state index in [1.807, 2.05) is 0 Å². The summed E-state index contributed by atoms with van der Waals surface area (Å²) in [5.74, 6) is -0.549. The molecule has 106 valence electrons. The van der Waals surface area contributed by atoms with Gasteiger partial charge in [0.1, 0.15) is 0 Å². The summed E-state index contributed by atoms with van der Waals surface area (Å²) >= 11 is 0. The van der Waals surface area contributed by atoms with Gasteiger partial charge in [0.15, 0.2) is 0 Å². The topological polar surface area (TPSA) is 110 Å². The zero-order valence-electron chi connectivity index (χ0n) is 10.8. The van der Waals surface area contributed by atoms with Gasteiger partial charge in [-0.2, -0.15) is 0 Å². The predicted molar refractivity (Wildman–Crippen MR) is 69.1 cm³/mol. The zero-order valence-corrected chi connectivity index (χ0v) is 10.8. The lowest BCUT2D eigenvalue weighted by molar-refractivity contribution is -0.388. The molecule has 0 saturated heterocycles. The Kier molecular flexibility index (Phi) is 5.77. The van der Waals surface area contributed by atoms with Crippen LogP contribution in [-0.4, -0.2) is 32.1 Å². The Bertz CT molecular complexity index is 444. The van der Waals surface area contributed by atoms with Gasteiger partial charge in [0.2, 0.25) is 12.1 Å². The van der Waals surface area contributed by atoms with Crippen LogP contribution in [0.3, 0.4) is 0 Å². The van der Waals surface area contributed by atoms with E-state index in [9.17, 15) is 14.9 Å². The second kappa shape index (κ2) is 7.34. The molecule has 2 N–H and O–H groups in total. The lowest BCUT2D eigenvalue weighted by Gasteiger charge is -2.05. The molecule has 19 heavy (non-hydrogen) atoms. The molecule has 0 bridgehead atoms. The SMILES string of the molecule is Cn1cnc([N+](=O)[O-])c1NCCCCCCC(=O)O. The summed E-state index contributed by atoms with van der Waals surface area (Å²) in [6, 6.07) is 0. The quantitative estimate of drug-likeness (QED) is 0.402. The molecule has 1 aromatic heterocycles. The predicted octanol–water partition coefficient (Wildman–Crippen LogP) is 1.78. The summed E-state index contributed by atoms with van der Waals surface area (Å²) < 4.78 is 1.57. The summed E-state index contributed by atoms with van der Waals surface area (Å²) in [7, 11) is 1.69. The minimum absolute atomic E-state index is 0.173. The molecule has 0 unspecified atom stereocenters. The molecule has 1 aromatic rings. The van der Waals surface area contributed by atoms with Crippen LogP contribution in [0.5, 0.6) is 0 Å². The Morgan fingerprint density at radius 2 is 2.16 bits per heavy atom. The van der Waals surface area contributed by atoms with E-state index in [4.69, 9.17) is 5.11 Å². The minimum Gasteiger partial charge on any atom is -0.481 e. The molecular formula is C11H18N4O4. The number of nitrogens with zero attached hydrogens (tertiary/aromatic N) is 3. The van der Waals surface area contributed by atoms with Gasteiger partial charge in [0.25, 0.3) is 0 Å². The minimum atomic E-state index is -0.774. The lowest BCUT2D eigenvalue weighted by Crippen LogP contribution is -2.07. The molecular weight excluding hydrogens is 252 g/mol. The van der Waals surface area contributed by atoms with Crippen molar-refractivity contribution in [2.45, 2.75) is 32.1 Å². The molecule has 0 aliphatic carbocycles. The molecule has 0 aliphatic rings. The molecule has 0 aliphatic heterocycles. The molecule has 0 aromatic carbocycles. The molecule has 1 heterocycles. The van der Waals surface area contributed by atoms with Crippen LogP contribution >= 0.6 is 0 Å². The number of nitro groups is 1. The number of carbonyl (C=O) groups is 1. The van der Waals surface area contributed by atoms with Crippen LogP contribution < -0.4 is 5.32 Å². The molecule has 1 rings (SSSR count). The number of hydrogen-bond acceptors (Lipinski definition) is 5. The largest absolute Gasteiger partial charge is 0.481 e. The summed E-state index contributed by atoms with van der Waals surface area (Å²) in [6.45, 7) is 0.605. The molecule has 0 spiro atoms. The van der Waals surface area contributed by atoms with E-state index in [1.165, 1.54) is 6.33 Å². The van der Waals surface area contributed by atoms with E-state index in [2.05, 4.69) is 10.3 Å². The normalized spacial score (nSPS) is 10.4.